The van der Waals surface area contributed by atoms with Crippen LogP contribution in [-0.4, -0.2) is 20.6 Å². The van der Waals surface area contributed by atoms with Crippen LogP contribution < -0.4 is 5.73 Å². The van der Waals surface area contributed by atoms with Crippen molar-refractivity contribution in [2.75, 3.05) is 0 Å². The van der Waals surface area contributed by atoms with E-state index in [1.54, 1.807) is 10.9 Å². The Morgan fingerprint density at radius 2 is 2.58 bits per heavy atom. The average molecular weight is 169 g/mol. The molecule has 0 aliphatic rings. The third kappa shape index (κ3) is 1.45. The van der Waals surface area contributed by atoms with Crippen LogP contribution in [0.3, 0.4) is 0 Å². The molecule has 1 aromatic heterocycles. The molecule has 1 unspecified atom stereocenters. The Bertz CT molecular complexity index is 282. The van der Waals surface area contributed by atoms with Crippen LogP contribution in [0.15, 0.2) is 12.5 Å². The number of hydrogen-bond donors (Lipinski definition) is 2. The van der Waals surface area contributed by atoms with Crippen molar-refractivity contribution in [2.24, 2.45) is 5.73 Å². The molecule has 0 amide bonds. The molecule has 0 spiro atoms. The van der Waals surface area contributed by atoms with E-state index in [2.05, 4.69) is 4.98 Å². The van der Waals surface area contributed by atoms with Gasteiger partial charge in [0.2, 0.25) is 0 Å². The Kier molecular flexibility index (Phi) is 2.44. The minimum Gasteiger partial charge on any atom is -0.480 e. The van der Waals surface area contributed by atoms with E-state index in [0.717, 1.165) is 0 Å². The van der Waals surface area contributed by atoms with Crippen molar-refractivity contribution < 1.29 is 9.90 Å². The van der Waals surface area contributed by atoms with Crippen LogP contribution in [0.25, 0.3) is 0 Å². The van der Waals surface area contributed by atoms with Gasteiger partial charge >= 0.3 is 5.97 Å². The third-order valence-corrected chi connectivity index (χ3v) is 1.67. The molecule has 0 bridgehead atoms. The standard InChI is InChI=1S/C7H11N3O2/c1-2-10-4-9-3-5(10)6(8)7(11)12/h3-4,6H,2,8H2,1H3,(H,11,12). The van der Waals surface area contributed by atoms with Crippen molar-refractivity contribution in [1.82, 2.24) is 9.55 Å². The number of carboxylic acids is 1. The number of hydrogen-bond acceptors (Lipinski definition) is 3. The summed E-state index contributed by atoms with van der Waals surface area (Å²) < 4.78 is 1.71. The van der Waals surface area contributed by atoms with E-state index >= 15 is 0 Å². The molecule has 12 heavy (non-hydrogen) atoms. The highest BCUT2D eigenvalue weighted by atomic mass is 16.4. The smallest absolute Gasteiger partial charge is 0.326 e. The highest BCUT2D eigenvalue weighted by Gasteiger charge is 2.17. The normalized spacial score (nSPS) is 12.8. The van der Waals surface area contributed by atoms with Crippen molar-refractivity contribution in [3.8, 4) is 0 Å². The predicted molar refractivity (Wildman–Crippen MR) is 42.5 cm³/mol. The first-order valence-electron chi connectivity index (χ1n) is 3.65. The van der Waals surface area contributed by atoms with Crippen molar-refractivity contribution in [2.45, 2.75) is 19.5 Å². The van der Waals surface area contributed by atoms with Crippen molar-refractivity contribution in [3.63, 3.8) is 0 Å². The lowest BCUT2D eigenvalue weighted by Gasteiger charge is -2.08. The predicted octanol–water partition coefficient (Wildman–Crippen LogP) is -0.0126. The molecular weight excluding hydrogens is 158 g/mol. The Labute approximate surface area is 69.8 Å². The maximum atomic E-state index is 10.5. The summed E-state index contributed by atoms with van der Waals surface area (Å²) in [6.07, 6.45) is 3.04. The second-order valence-electron chi connectivity index (χ2n) is 2.42. The van der Waals surface area contributed by atoms with Crippen LogP contribution in [0.2, 0.25) is 0 Å². The van der Waals surface area contributed by atoms with Crippen LogP contribution in [0.5, 0.6) is 0 Å². The van der Waals surface area contributed by atoms with Crippen LogP contribution in [-0.2, 0) is 11.3 Å². The second-order valence-corrected chi connectivity index (χ2v) is 2.42. The van der Waals surface area contributed by atoms with Gasteiger partial charge in [0.1, 0.15) is 6.04 Å². The number of nitrogens with zero attached hydrogens (tertiary/aromatic N) is 2. The maximum Gasteiger partial charge on any atom is 0.326 e. The Hall–Kier alpha value is -1.36. The number of imidazole rings is 1. The van der Waals surface area contributed by atoms with E-state index in [1.165, 1.54) is 6.20 Å². The summed E-state index contributed by atoms with van der Waals surface area (Å²) in [6.45, 7) is 2.58. The van der Waals surface area contributed by atoms with Gasteiger partial charge in [0.25, 0.3) is 0 Å². The van der Waals surface area contributed by atoms with E-state index < -0.39 is 12.0 Å². The van der Waals surface area contributed by atoms with E-state index in [0.29, 0.717) is 12.2 Å². The zero-order chi connectivity index (χ0) is 9.14. The lowest BCUT2D eigenvalue weighted by Crippen LogP contribution is -2.23. The van der Waals surface area contributed by atoms with E-state index in [-0.39, 0.29) is 0 Å². The van der Waals surface area contributed by atoms with Crippen LogP contribution in [0.4, 0.5) is 0 Å². The molecule has 1 atom stereocenters. The molecule has 0 saturated carbocycles. The number of rotatable bonds is 3. The fourth-order valence-electron chi connectivity index (χ4n) is 0.981. The van der Waals surface area contributed by atoms with Gasteiger partial charge in [-0.2, -0.15) is 0 Å². The summed E-state index contributed by atoms with van der Waals surface area (Å²) in [4.78, 5) is 14.3. The molecule has 0 fully saturated rings. The summed E-state index contributed by atoms with van der Waals surface area (Å²) in [5.41, 5.74) is 5.93. The molecule has 0 radical (unpaired) electrons. The summed E-state index contributed by atoms with van der Waals surface area (Å²) in [6, 6.07) is -0.979. The van der Waals surface area contributed by atoms with E-state index in [1.807, 2.05) is 6.92 Å². The Balaban J connectivity index is 2.93. The average Bonchev–Trinajstić information content (AvgIpc) is 2.49. The molecule has 0 aliphatic heterocycles. The number of aryl methyl sites for hydroxylation is 1. The van der Waals surface area contributed by atoms with Crippen LogP contribution >= 0.6 is 0 Å². The Morgan fingerprint density at radius 1 is 1.92 bits per heavy atom. The highest BCUT2D eigenvalue weighted by Crippen LogP contribution is 2.09. The third-order valence-electron chi connectivity index (χ3n) is 1.67. The number of nitrogens with two attached hydrogens (primary N) is 1. The number of aliphatic carboxylic acids is 1. The Morgan fingerprint density at radius 3 is 3.08 bits per heavy atom. The van der Waals surface area contributed by atoms with Gasteiger partial charge in [-0.05, 0) is 6.92 Å². The SMILES string of the molecule is CCn1cncc1C(N)C(=O)O. The van der Waals surface area contributed by atoms with Gasteiger partial charge in [-0.3, -0.25) is 4.79 Å². The minimum absolute atomic E-state index is 0.532. The number of carbonyl (C=O) groups is 1. The molecule has 0 aromatic carbocycles. The molecule has 5 nitrogen and oxygen atoms in total. The molecule has 5 heteroatoms. The number of aromatic nitrogens is 2. The fraction of sp³-hybridized carbons (Fsp3) is 0.429. The summed E-state index contributed by atoms with van der Waals surface area (Å²) >= 11 is 0. The number of carboxylic acid groups (broad SMARTS) is 1. The molecule has 0 saturated heterocycles. The van der Waals surface area contributed by atoms with Gasteiger partial charge in [0.15, 0.2) is 0 Å². The zero-order valence-electron chi connectivity index (χ0n) is 6.77. The fourth-order valence-corrected chi connectivity index (χ4v) is 0.981. The van der Waals surface area contributed by atoms with Gasteiger partial charge < -0.3 is 15.4 Å². The molecule has 1 heterocycles. The summed E-state index contributed by atoms with van der Waals surface area (Å²) in [5, 5.41) is 8.61. The molecule has 1 aromatic rings. The maximum absolute atomic E-state index is 10.5. The van der Waals surface area contributed by atoms with Gasteiger partial charge in [-0.25, -0.2) is 4.98 Å². The summed E-state index contributed by atoms with van der Waals surface area (Å²) in [7, 11) is 0. The first-order valence-corrected chi connectivity index (χ1v) is 3.65. The van der Waals surface area contributed by atoms with Crippen LogP contribution in [0.1, 0.15) is 18.7 Å². The minimum atomic E-state index is -1.04. The molecule has 3 N–H and O–H groups in total. The van der Waals surface area contributed by atoms with Gasteiger partial charge in [-0.1, -0.05) is 0 Å². The topological polar surface area (TPSA) is 81.1 Å². The van der Waals surface area contributed by atoms with Crippen molar-refractivity contribution >= 4 is 5.97 Å². The largest absolute Gasteiger partial charge is 0.480 e. The summed E-state index contributed by atoms with van der Waals surface area (Å²) in [5.74, 6) is -1.04. The first kappa shape index (κ1) is 8.73. The van der Waals surface area contributed by atoms with Crippen molar-refractivity contribution in [1.29, 1.82) is 0 Å². The van der Waals surface area contributed by atoms with E-state index in [4.69, 9.17) is 10.8 Å². The van der Waals surface area contributed by atoms with Gasteiger partial charge in [0, 0.05) is 6.54 Å². The monoisotopic (exact) mass is 169 g/mol. The second kappa shape index (κ2) is 3.36. The lowest BCUT2D eigenvalue weighted by atomic mass is 10.2. The van der Waals surface area contributed by atoms with Crippen molar-refractivity contribution in [3.05, 3.63) is 18.2 Å². The van der Waals surface area contributed by atoms with Gasteiger partial charge in [0.05, 0.1) is 18.2 Å². The van der Waals surface area contributed by atoms with E-state index in [9.17, 15) is 4.79 Å². The quantitative estimate of drug-likeness (QED) is 0.666. The zero-order valence-corrected chi connectivity index (χ0v) is 6.77. The first-order chi connectivity index (χ1) is 5.66. The lowest BCUT2D eigenvalue weighted by molar-refractivity contribution is -0.138. The molecular formula is C7H11N3O2. The molecule has 1 rings (SSSR count). The molecule has 66 valence electrons. The van der Waals surface area contributed by atoms with Gasteiger partial charge in [-0.15, -0.1) is 0 Å². The van der Waals surface area contributed by atoms with Crippen LogP contribution in [0, 0.1) is 0 Å². The highest BCUT2D eigenvalue weighted by molar-refractivity contribution is 5.74. The molecule has 0 aliphatic carbocycles.